The quantitative estimate of drug-likeness (QED) is 0.736. The zero-order valence-electron chi connectivity index (χ0n) is 11.0. The molecule has 1 atom stereocenters. The molecule has 1 amide bonds. The average Bonchev–Trinajstić information content (AvgIpc) is 2.83. The number of rotatable bonds is 5. The van der Waals surface area contributed by atoms with E-state index in [9.17, 15) is 9.59 Å². The maximum absolute atomic E-state index is 11.8. The highest BCUT2D eigenvalue weighted by atomic mass is 16.5. The number of hydrogen-bond acceptors (Lipinski definition) is 5. The monoisotopic (exact) mass is 254 g/mol. The molecular weight excluding hydrogens is 236 g/mol. The van der Waals surface area contributed by atoms with E-state index in [1.165, 1.54) is 7.11 Å². The van der Waals surface area contributed by atoms with E-state index in [4.69, 9.17) is 0 Å². The number of H-pyrrole nitrogens is 1. The minimum absolute atomic E-state index is 0.0291. The summed E-state index contributed by atoms with van der Waals surface area (Å²) in [6.45, 7) is 5.53. The van der Waals surface area contributed by atoms with Gasteiger partial charge in [-0.15, -0.1) is 5.10 Å². The number of ether oxygens (including phenoxy) is 1. The minimum Gasteiger partial charge on any atom is -0.467 e. The number of carbonyl (C=O) groups is 2. The van der Waals surface area contributed by atoms with Crippen molar-refractivity contribution in [2.75, 3.05) is 7.11 Å². The Morgan fingerprint density at radius 1 is 1.44 bits per heavy atom. The number of nitrogens with zero attached hydrogens (tertiary/aromatic N) is 2. The standard InChI is InChI=1S/C11H18N4O3/c1-5-7-12-9(15-14-7)10(16)13-8(6(2)3)11(17)18-4/h6,8H,5H2,1-4H3,(H,13,16)(H,12,14,15)/t8-/m0/s1. The Hall–Kier alpha value is -1.92. The minimum atomic E-state index is -0.703. The van der Waals surface area contributed by atoms with Gasteiger partial charge in [0.2, 0.25) is 5.82 Å². The van der Waals surface area contributed by atoms with Gasteiger partial charge >= 0.3 is 5.97 Å². The predicted octanol–water partition coefficient (Wildman–Crippen LogP) is 0.294. The number of carbonyl (C=O) groups excluding carboxylic acids is 2. The molecule has 1 aromatic rings. The maximum Gasteiger partial charge on any atom is 0.328 e. The van der Waals surface area contributed by atoms with Crippen molar-refractivity contribution < 1.29 is 14.3 Å². The molecule has 0 aliphatic carbocycles. The van der Waals surface area contributed by atoms with Crippen molar-refractivity contribution in [3.05, 3.63) is 11.6 Å². The summed E-state index contributed by atoms with van der Waals surface area (Å²) in [5.41, 5.74) is 0. The Kier molecular flexibility index (Phi) is 4.82. The van der Waals surface area contributed by atoms with Gasteiger partial charge in [0, 0.05) is 6.42 Å². The van der Waals surface area contributed by atoms with Crippen LogP contribution in [0.15, 0.2) is 0 Å². The molecule has 0 unspecified atom stereocenters. The zero-order valence-corrected chi connectivity index (χ0v) is 11.0. The topological polar surface area (TPSA) is 97.0 Å². The van der Waals surface area contributed by atoms with Crippen LogP contribution in [0, 0.1) is 5.92 Å². The van der Waals surface area contributed by atoms with Crippen LogP contribution in [-0.2, 0) is 16.0 Å². The molecule has 1 rings (SSSR count). The van der Waals surface area contributed by atoms with E-state index in [0.29, 0.717) is 12.2 Å². The molecule has 0 radical (unpaired) electrons. The molecule has 0 aromatic carbocycles. The van der Waals surface area contributed by atoms with Crippen LogP contribution in [-0.4, -0.2) is 40.2 Å². The first-order valence-corrected chi connectivity index (χ1v) is 5.79. The van der Waals surface area contributed by atoms with Gasteiger partial charge in [-0.25, -0.2) is 9.78 Å². The fourth-order valence-corrected chi connectivity index (χ4v) is 1.39. The Morgan fingerprint density at radius 2 is 2.11 bits per heavy atom. The van der Waals surface area contributed by atoms with Gasteiger partial charge in [-0.05, 0) is 5.92 Å². The lowest BCUT2D eigenvalue weighted by atomic mass is 10.0. The summed E-state index contributed by atoms with van der Waals surface area (Å²) in [4.78, 5) is 27.3. The Balaban J connectivity index is 2.75. The van der Waals surface area contributed by atoms with Crippen LogP contribution in [0.1, 0.15) is 37.2 Å². The Morgan fingerprint density at radius 3 is 2.56 bits per heavy atom. The van der Waals surface area contributed by atoms with E-state index in [1.807, 2.05) is 20.8 Å². The molecule has 0 saturated heterocycles. The smallest absolute Gasteiger partial charge is 0.328 e. The van der Waals surface area contributed by atoms with Gasteiger partial charge in [0.05, 0.1) is 7.11 Å². The summed E-state index contributed by atoms with van der Waals surface area (Å²) in [7, 11) is 1.28. The summed E-state index contributed by atoms with van der Waals surface area (Å²) >= 11 is 0. The highest BCUT2D eigenvalue weighted by Gasteiger charge is 2.26. The summed E-state index contributed by atoms with van der Waals surface area (Å²) in [6.07, 6.45) is 0.658. The molecule has 1 aromatic heterocycles. The average molecular weight is 254 g/mol. The number of methoxy groups -OCH3 is 1. The summed E-state index contributed by atoms with van der Waals surface area (Å²) in [6, 6.07) is -0.703. The molecule has 2 N–H and O–H groups in total. The lowest BCUT2D eigenvalue weighted by Crippen LogP contribution is -2.45. The van der Waals surface area contributed by atoms with E-state index in [2.05, 4.69) is 25.2 Å². The van der Waals surface area contributed by atoms with E-state index in [1.54, 1.807) is 0 Å². The lowest BCUT2D eigenvalue weighted by molar-refractivity contribution is -0.144. The van der Waals surface area contributed by atoms with Crippen molar-refractivity contribution in [3.8, 4) is 0 Å². The van der Waals surface area contributed by atoms with Gasteiger partial charge in [-0.3, -0.25) is 9.89 Å². The van der Waals surface area contributed by atoms with Crippen LogP contribution in [0.4, 0.5) is 0 Å². The Bertz CT molecular complexity index is 428. The number of nitrogens with one attached hydrogen (secondary N) is 2. The summed E-state index contributed by atoms with van der Waals surface area (Å²) in [5.74, 6) is -0.397. The van der Waals surface area contributed by atoms with Gasteiger partial charge in [0.15, 0.2) is 0 Å². The van der Waals surface area contributed by atoms with Gasteiger partial charge in [-0.1, -0.05) is 20.8 Å². The fraction of sp³-hybridized carbons (Fsp3) is 0.636. The van der Waals surface area contributed by atoms with Gasteiger partial charge in [0.1, 0.15) is 11.9 Å². The van der Waals surface area contributed by atoms with Crippen molar-refractivity contribution in [2.45, 2.75) is 33.2 Å². The lowest BCUT2D eigenvalue weighted by Gasteiger charge is -2.18. The number of amides is 1. The van der Waals surface area contributed by atoms with Crippen LogP contribution >= 0.6 is 0 Å². The first kappa shape index (κ1) is 14.1. The van der Waals surface area contributed by atoms with Crippen molar-refractivity contribution in [1.29, 1.82) is 0 Å². The molecule has 0 bridgehead atoms. The molecule has 18 heavy (non-hydrogen) atoms. The number of hydrogen-bond donors (Lipinski definition) is 2. The molecule has 7 nitrogen and oxygen atoms in total. The number of aromatic amines is 1. The molecule has 0 aliphatic heterocycles. The van der Waals surface area contributed by atoms with E-state index in [0.717, 1.165) is 0 Å². The van der Waals surface area contributed by atoms with Crippen molar-refractivity contribution in [3.63, 3.8) is 0 Å². The van der Waals surface area contributed by atoms with Crippen LogP contribution in [0.5, 0.6) is 0 Å². The second-order valence-electron chi connectivity index (χ2n) is 4.18. The molecule has 0 spiro atoms. The van der Waals surface area contributed by atoms with Gasteiger partial charge < -0.3 is 10.1 Å². The third-order valence-corrected chi connectivity index (χ3v) is 2.48. The van der Waals surface area contributed by atoms with Crippen molar-refractivity contribution in [2.24, 2.45) is 5.92 Å². The largest absolute Gasteiger partial charge is 0.467 e. The molecule has 0 aliphatic rings. The molecule has 0 fully saturated rings. The van der Waals surface area contributed by atoms with E-state index < -0.39 is 17.9 Å². The van der Waals surface area contributed by atoms with Crippen molar-refractivity contribution in [1.82, 2.24) is 20.5 Å². The van der Waals surface area contributed by atoms with Crippen LogP contribution < -0.4 is 5.32 Å². The van der Waals surface area contributed by atoms with Crippen LogP contribution in [0.25, 0.3) is 0 Å². The van der Waals surface area contributed by atoms with Gasteiger partial charge in [0.25, 0.3) is 5.91 Å². The highest BCUT2D eigenvalue weighted by molar-refractivity contribution is 5.93. The zero-order chi connectivity index (χ0) is 13.7. The fourth-order valence-electron chi connectivity index (χ4n) is 1.39. The number of aromatic nitrogens is 3. The van der Waals surface area contributed by atoms with E-state index >= 15 is 0 Å². The third kappa shape index (κ3) is 3.28. The second-order valence-corrected chi connectivity index (χ2v) is 4.18. The molecule has 7 heteroatoms. The normalized spacial score (nSPS) is 12.3. The molecular formula is C11H18N4O3. The molecule has 0 saturated carbocycles. The third-order valence-electron chi connectivity index (χ3n) is 2.48. The maximum atomic E-state index is 11.8. The number of esters is 1. The SMILES string of the molecule is CCc1nc(C(=O)N[C@H](C(=O)OC)C(C)C)n[nH]1. The first-order chi connectivity index (χ1) is 8.49. The number of aryl methyl sites for hydroxylation is 1. The highest BCUT2D eigenvalue weighted by Crippen LogP contribution is 2.04. The molecule has 1 heterocycles. The second kappa shape index (κ2) is 6.13. The first-order valence-electron chi connectivity index (χ1n) is 5.79. The van der Waals surface area contributed by atoms with Gasteiger partial charge in [-0.2, -0.15) is 0 Å². The molecule has 100 valence electrons. The Labute approximate surface area is 105 Å². The van der Waals surface area contributed by atoms with Crippen LogP contribution in [0.2, 0.25) is 0 Å². The van der Waals surface area contributed by atoms with Crippen LogP contribution in [0.3, 0.4) is 0 Å². The predicted molar refractivity (Wildman–Crippen MR) is 63.9 cm³/mol. The summed E-state index contributed by atoms with van der Waals surface area (Å²) < 4.78 is 4.63. The van der Waals surface area contributed by atoms with E-state index in [-0.39, 0.29) is 11.7 Å². The van der Waals surface area contributed by atoms with Crippen molar-refractivity contribution >= 4 is 11.9 Å². The summed E-state index contributed by atoms with van der Waals surface area (Å²) in [5, 5.41) is 8.99.